The Kier molecular flexibility index (Phi) is 5.44. The summed E-state index contributed by atoms with van der Waals surface area (Å²) in [6.07, 6.45) is 3.43. The van der Waals surface area contributed by atoms with Crippen LogP contribution in [0.5, 0.6) is 0 Å². The van der Waals surface area contributed by atoms with Gasteiger partial charge in [-0.15, -0.1) is 0 Å². The third kappa shape index (κ3) is 4.25. The van der Waals surface area contributed by atoms with Crippen molar-refractivity contribution in [3.05, 3.63) is 54.0 Å². The molecule has 1 amide bonds. The molecule has 2 N–H and O–H groups in total. The Morgan fingerprint density at radius 1 is 1.26 bits per heavy atom. The summed E-state index contributed by atoms with van der Waals surface area (Å²) in [4.78, 5) is 12.5. The first kappa shape index (κ1) is 19.6. The normalized spacial score (nSPS) is 16.9. The van der Waals surface area contributed by atoms with Gasteiger partial charge in [0.25, 0.3) is 0 Å². The molecule has 3 rings (SSSR count). The molecular formula is C20H25NO5S. The molecule has 1 aliphatic rings. The summed E-state index contributed by atoms with van der Waals surface area (Å²) in [7, 11) is -3.32. The monoisotopic (exact) mass is 391 g/mol. The first-order valence-electron chi connectivity index (χ1n) is 9.09. The standard InChI is InChI=1S/C20H25NO5S/c1-14(2)27(24,25)17-9-5-15(6-10-17)12-19(22)21-13-20(23,16-7-8-16)18-4-3-11-26-18/h3-6,9-11,14,16,23H,7-8,12-13H2,1-2H3,(H,21,22). The molecule has 0 aliphatic heterocycles. The van der Waals surface area contributed by atoms with E-state index in [-0.39, 0.29) is 29.7 Å². The molecule has 27 heavy (non-hydrogen) atoms. The molecule has 0 bridgehead atoms. The number of carbonyl (C=O) groups is 1. The van der Waals surface area contributed by atoms with E-state index in [1.807, 2.05) is 0 Å². The second kappa shape index (κ2) is 7.48. The molecule has 1 unspecified atom stereocenters. The average molecular weight is 391 g/mol. The molecule has 1 heterocycles. The fraction of sp³-hybridized carbons (Fsp3) is 0.450. The first-order valence-corrected chi connectivity index (χ1v) is 10.6. The highest BCUT2D eigenvalue weighted by atomic mass is 32.2. The third-order valence-corrected chi connectivity index (χ3v) is 7.16. The lowest BCUT2D eigenvalue weighted by Crippen LogP contribution is -2.42. The van der Waals surface area contributed by atoms with Crippen LogP contribution < -0.4 is 5.32 Å². The van der Waals surface area contributed by atoms with Crippen LogP contribution in [-0.2, 0) is 26.7 Å². The maximum atomic E-state index is 12.3. The Bertz CT molecular complexity index is 883. The van der Waals surface area contributed by atoms with Gasteiger partial charge in [-0.05, 0) is 62.4 Å². The molecule has 1 aromatic carbocycles. The second-order valence-electron chi connectivity index (χ2n) is 7.37. The lowest BCUT2D eigenvalue weighted by molar-refractivity contribution is -0.122. The van der Waals surface area contributed by atoms with Gasteiger partial charge in [0.2, 0.25) is 5.91 Å². The number of aliphatic hydroxyl groups is 1. The van der Waals surface area contributed by atoms with Crippen molar-refractivity contribution < 1.29 is 22.7 Å². The number of rotatable bonds is 8. The quantitative estimate of drug-likeness (QED) is 0.720. The van der Waals surface area contributed by atoms with E-state index in [0.29, 0.717) is 11.3 Å². The zero-order chi connectivity index (χ0) is 19.7. The summed E-state index contributed by atoms with van der Waals surface area (Å²) in [6, 6.07) is 9.79. The average Bonchev–Trinajstić information content (AvgIpc) is 3.35. The van der Waals surface area contributed by atoms with Gasteiger partial charge in [-0.3, -0.25) is 4.79 Å². The molecule has 0 saturated heterocycles. The van der Waals surface area contributed by atoms with Crippen molar-refractivity contribution >= 4 is 15.7 Å². The van der Waals surface area contributed by atoms with Crippen LogP contribution in [0.15, 0.2) is 52.0 Å². The smallest absolute Gasteiger partial charge is 0.224 e. The number of benzene rings is 1. The predicted octanol–water partition coefficient (Wildman–Crippen LogP) is 2.42. The van der Waals surface area contributed by atoms with E-state index in [9.17, 15) is 18.3 Å². The van der Waals surface area contributed by atoms with Crippen LogP contribution in [0.1, 0.15) is 38.0 Å². The minimum Gasteiger partial charge on any atom is -0.466 e. The molecule has 0 spiro atoms. The van der Waals surface area contributed by atoms with Crippen LogP contribution in [0.3, 0.4) is 0 Å². The van der Waals surface area contributed by atoms with Crippen molar-refractivity contribution in [1.82, 2.24) is 5.32 Å². The van der Waals surface area contributed by atoms with Gasteiger partial charge in [0.15, 0.2) is 9.84 Å². The number of sulfone groups is 1. The fourth-order valence-corrected chi connectivity index (χ4v) is 4.13. The highest BCUT2D eigenvalue weighted by molar-refractivity contribution is 7.92. The SMILES string of the molecule is CC(C)S(=O)(=O)c1ccc(CC(=O)NCC(O)(c2ccco2)C2CC2)cc1. The van der Waals surface area contributed by atoms with Crippen molar-refractivity contribution in [3.8, 4) is 0 Å². The van der Waals surface area contributed by atoms with Gasteiger partial charge in [0.05, 0.1) is 29.4 Å². The van der Waals surface area contributed by atoms with Crippen molar-refractivity contribution in [2.45, 2.75) is 48.9 Å². The van der Waals surface area contributed by atoms with Crippen LogP contribution >= 0.6 is 0 Å². The Hall–Kier alpha value is -2.12. The second-order valence-corrected chi connectivity index (χ2v) is 9.87. The van der Waals surface area contributed by atoms with Crippen molar-refractivity contribution in [1.29, 1.82) is 0 Å². The molecule has 1 atom stereocenters. The highest BCUT2D eigenvalue weighted by Crippen LogP contribution is 2.45. The summed E-state index contributed by atoms with van der Waals surface area (Å²) < 4.78 is 29.6. The van der Waals surface area contributed by atoms with E-state index in [2.05, 4.69) is 5.32 Å². The maximum Gasteiger partial charge on any atom is 0.224 e. The van der Waals surface area contributed by atoms with Crippen LogP contribution in [0, 0.1) is 5.92 Å². The van der Waals surface area contributed by atoms with Crippen molar-refractivity contribution in [3.63, 3.8) is 0 Å². The topological polar surface area (TPSA) is 96.6 Å². The molecule has 1 fully saturated rings. The number of furan rings is 1. The molecule has 2 aromatic rings. The Morgan fingerprint density at radius 2 is 1.93 bits per heavy atom. The van der Waals surface area contributed by atoms with Crippen LogP contribution in [-0.4, -0.2) is 31.2 Å². The number of carbonyl (C=O) groups excluding carboxylic acids is 1. The van der Waals surface area contributed by atoms with Crippen LogP contribution in [0.4, 0.5) is 0 Å². The van der Waals surface area contributed by atoms with Crippen molar-refractivity contribution in [2.24, 2.45) is 5.92 Å². The summed E-state index contributed by atoms with van der Waals surface area (Å²) >= 11 is 0. The minimum absolute atomic E-state index is 0.0871. The van der Waals surface area contributed by atoms with Gasteiger partial charge in [-0.1, -0.05) is 12.1 Å². The van der Waals surface area contributed by atoms with E-state index in [1.54, 1.807) is 38.1 Å². The van der Waals surface area contributed by atoms with Crippen LogP contribution in [0.25, 0.3) is 0 Å². The first-order chi connectivity index (χ1) is 12.7. The molecule has 1 aliphatic carbocycles. The predicted molar refractivity (Wildman–Crippen MR) is 101 cm³/mol. The third-order valence-electron chi connectivity index (χ3n) is 4.99. The Labute approximate surface area is 159 Å². The maximum absolute atomic E-state index is 12.3. The van der Waals surface area contributed by atoms with Gasteiger partial charge in [0.1, 0.15) is 11.4 Å². The number of nitrogens with one attached hydrogen (secondary N) is 1. The van der Waals surface area contributed by atoms with Gasteiger partial charge in [-0.2, -0.15) is 0 Å². The van der Waals surface area contributed by atoms with Crippen molar-refractivity contribution in [2.75, 3.05) is 6.54 Å². The molecule has 146 valence electrons. The lowest BCUT2D eigenvalue weighted by Gasteiger charge is -2.26. The molecule has 0 radical (unpaired) electrons. The number of hydrogen-bond donors (Lipinski definition) is 2. The zero-order valence-electron chi connectivity index (χ0n) is 15.5. The molecule has 1 saturated carbocycles. The molecule has 1 aromatic heterocycles. The molecular weight excluding hydrogens is 366 g/mol. The Morgan fingerprint density at radius 3 is 2.44 bits per heavy atom. The summed E-state index contributed by atoms with van der Waals surface area (Å²) in [5, 5.41) is 13.2. The summed E-state index contributed by atoms with van der Waals surface area (Å²) in [5.41, 5.74) is -0.475. The lowest BCUT2D eigenvalue weighted by atomic mass is 9.94. The van der Waals surface area contributed by atoms with Gasteiger partial charge in [-0.25, -0.2) is 8.42 Å². The fourth-order valence-electron chi connectivity index (χ4n) is 3.07. The van der Waals surface area contributed by atoms with E-state index in [4.69, 9.17) is 4.42 Å². The molecule has 6 nitrogen and oxygen atoms in total. The number of hydrogen-bond acceptors (Lipinski definition) is 5. The Balaban J connectivity index is 1.61. The zero-order valence-corrected chi connectivity index (χ0v) is 16.3. The van der Waals surface area contributed by atoms with Gasteiger partial charge in [0, 0.05) is 0 Å². The van der Waals surface area contributed by atoms with E-state index < -0.39 is 20.7 Å². The van der Waals surface area contributed by atoms with Crippen LogP contribution in [0.2, 0.25) is 0 Å². The van der Waals surface area contributed by atoms with E-state index in [1.165, 1.54) is 18.4 Å². The minimum atomic E-state index is -3.32. The van der Waals surface area contributed by atoms with Gasteiger partial charge < -0.3 is 14.8 Å². The summed E-state index contributed by atoms with van der Waals surface area (Å²) in [6.45, 7) is 3.36. The van der Waals surface area contributed by atoms with E-state index >= 15 is 0 Å². The summed E-state index contributed by atoms with van der Waals surface area (Å²) in [5.74, 6) is 0.318. The highest BCUT2D eigenvalue weighted by Gasteiger charge is 2.47. The molecule has 7 heteroatoms. The number of amides is 1. The largest absolute Gasteiger partial charge is 0.466 e. The van der Waals surface area contributed by atoms with Gasteiger partial charge >= 0.3 is 0 Å². The van der Waals surface area contributed by atoms with E-state index in [0.717, 1.165) is 12.8 Å².